The normalized spacial score (nSPS) is 26.3. The molecular weight excluding hydrogens is 266 g/mol. The number of carboxylic acid groups (broad SMARTS) is 1. The van der Waals surface area contributed by atoms with E-state index in [2.05, 4.69) is 5.32 Å². The van der Waals surface area contributed by atoms with Crippen LogP contribution in [-0.2, 0) is 9.59 Å². The zero-order valence-corrected chi connectivity index (χ0v) is 12.8. The third-order valence-electron chi connectivity index (χ3n) is 4.47. The van der Waals surface area contributed by atoms with E-state index in [0.29, 0.717) is 12.8 Å². The summed E-state index contributed by atoms with van der Waals surface area (Å²) in [5, 5.41) is 12.2. The van der Waals surface area contributed by atoms with Gasteiger partial charge >= 0.3 is 5.97 Å². The Balaban J connectivity index is 2.07. The number of carbonyl (C=O) groups is 2. The number of nitrogens with one attached hydrogen (secondary N) is 1. The molecular formula is C17H23NO3. The molecule has 1 saturated carbocycles. The molecule has 1 aliphatic rings. The fourth-order valence-electron chi connectivity index (χ4n) is 3.33. The van der Waals surface area contributed by atoms with Crippen LogP contribution in [0.5, 0.6) is 0 Å². The van der Waals surface area contributed by atoms with Gasteiger partial charge in [0, 0.05) is 0 Å². The fraction of sp³-hybridized carbons (Fsp3) is 0.529. The number of rotatable bonds is 4. The first-order valence-electron chi connectivity index (χ1n) is 7.48. The molecule has 2 rings (SSSR count). The Kier molecular flexibility index (Phi) is 4.66. The zero-order chi connectivity index (χ0) is 15.6. The first kappa shape index (κ1) is 15.5. The maximum absolute atomic E-state index is 12.4. The number of amides is 1. The average Bonchev–Trinajstić information content (AvgIpc) is 2.81. The van der Waals surface area contributed by atoms with Gasteiger partial charge in [-0.3, -0.25) is 9.59 Å². The van der Waals surface area contributed by atoms with Gasteiger partial charge < -0.3 is 10.4 Å². The second-order valence-corrected chi connectivity index (χ2v) is 6.21. The average molecular weight is 289 g/mol. The van der Waals surface area contributed by atoms with Crippen molar-refractivity contribution < 1.29 is 14.7 Å². The number of aryl methyl sites for hydroxylation is 1. The highest BCUT2D eigenvalue weighted by molar-refractivity contribution is 5.85. The third kappa shape index (κ3) is 3.43. The molecule has 4 heteroatoms. The first-order chi connectivity index (χ1) is 9.90. The Morgan fingerprint density at radius 1 is 1.24 bits per heavy atom. The minimum Gasteiger partial charge on any atom is -0.481 e. The number of carboxylic acids is 1. The number of hydrogen-bond donors (Lipinski definition) is 2. The number of aliphatic carboxylic acids is 1. The van der Waals surface area contributed by atoms with E-state index in [9.17, 15) is 14.7 Å². The second kappa shape index (κ2) is 6.29. The van der Waals surface area contributed by atoms with Gasteiger partial charge in [0.1, 0.15) is 0 Å². The van der Waals surface area contributed by atoms with Crippen LogP contribution >= 0.6 is 0 Å². The van der Waals surface area contributed by atoms with Crippen molar-refractivity contribution in [1.29, 1.82) is 0 Å². The summed E-state index contributed by atoms with van der Waals surface area (Å²) in [6.45, 7) is 5.96. The third-order valence-corrected chi connectivity index (χ3v) is 4.47. The van der Waals surface area contributed by atoms with Crippen molar-refractivity contribution in [2.24, 2.45) is 17.8 Å². The smallest absolute Gasteiger partial charge is 0.307 e. The topological polar surface area (TPSA) is 66.4 Å². The van der Waals surface area contributed by atoms with E-state index >= 15 is 0 Å². The Bertz CT molecular complexity index is 541. The summed E-state index contributed by atoms with van der Waals surface area (Å²) in [6.07, 6.45) is 1.25. The molecule has 21 heavy (non-hydrogen) atoms. The Morgan fingerprint density at radius 2 is 1.86 bits per heavy atom. The van der Waals surface area contributed by atoms with Crippen molar-refractivity contribution >= 4 is 11.9 Å². The highest BCUT2D eigenvalue weighted by Gasteiger charge is 2.41. The van der Waals surface area contributed by atoms with Gasteiger partial charge in [-0.05, 0) is 43.7 Å². The molecule has 0 heterocycles. The second-order valence-electron chi connectivity index (χ2n) is 6.21. The summed E-state index contributed by atoms with van der Waals surface area (Å²) in [7, 11) is 0. The van der Waals surface area contributed by atoms with Gasteiger partial charge in [0.05, 0.1) is 17.9 Å². The molecule has 0 spiro atoms. The quantitative estimate of drug-likeness (QED) is 0.895. The van der Waals surface area contributed by atoms with E-state index in [1.165, 1.54) is 0 Å². The molecule has 4 nitrogen and oxygen atoms in total. The van der Waals surface area contributed by atoms with Gasteiger partial charge in [-0.15, -0.1) is 0 Å². The van der Waals surface area contributed by atoms with Gasteiger partial charge in [0.15, 0.2) is 0 Å². The first-order valence-corrected chi connectivity index (χ1v) is 7.48. The van der Waals surface area contributed by atoms with Crippen molar-refractivity contribution in [3.8, 4) is 0 Å². The molecule has 0 aromatic heterocycles. The Labute approximate surface area is 125 Å². The van der Waals surface area contributed by atoms with Crippen molar-refractivity contribution in [2.75, 3.05) is 0 Å². The number of benzene rings is 1. The van der Waals surface area contributed by atoms with Crippen LogP contribution in [-0.4, -0.2) is 17.0 Å². The molecule has 1 aliphatic carbocycles. The predicted molar refractivity (Wildman–Crippen MR) is 80.8 cm³/mol. The van der Waals surface area contributed by atoms with Crippen molar-refractivity contribution in [1.82, 2.24) is 5.32 Å². The largest absolute Gasteiger partial charge is 0.481 e. The van der Waals surface area contributed by atoms with Gasteiger partial charge in [-0.25, -0.2) is 0 Å². The SMILES string of the molecule is Cc1ccccc1[C@@H](C)NC(=O)[C@H]1CC(C)C[C@H]1C(=O)O. The summed E-state index contributed by atoms with van der Waals surface area (Å²) >= 11 is 0. The summed E-state index contributed by atoms with van der Waals surface area (Å²) < 4.78 is 0. The molecule has 4 atom stereocenters. The van der Waals surface area contributed by atoms with Gasteiger partial charge in [0.2, 0.25) is 5.91 Å². The Morgan fingerprint density at radius 3 is 2.48 bits per heavy atom. The van der Waals surface area contributed by atoms with Gasteiger partial charge in [-0.2, -0.15) is 0 Å². The van der Waals surface area contributed by atoms with E-state index in [1.807, 2.05) is 45.0 Å². The van der Waals surface area contributed by atoms with E-state index in [4.69, 9.17) is 0 Å². The van der Waals surface area contributed by atoms with Crippen LogP contribution in [0.3, 0.4) is 0 Å². The molecule has 0 bridgehead atoms. The van der Waals surface area contributed by atoms with Gasteiger partial charge in [0.25, 0.3) is 0 Å². The van der Waals surface area contributed by atoms with Crippen LogP contribution in [0.15, 0.2) is 24.3 Å². The highest BCUT2D eigenvalue weighted by atomic mass is 16.4. The summed E-state index contributed by atoms with van der Waals surface area (Å²) in [6, 6.07) is 7.81. The van der Waals surface area contributed by atoms with E-state index in [1.54, 1.807) is 0 Å². The maximum atomic E-state index is 12.4. The van der Waals surface area contributed by atoms with Crippen molar-refractivity contribution in [3.05, 3.63) is 35.4 Å². The lowest BCUT2D eigenvalue weighted by Crippen LogP contribution is -2.36. The van der Waals surface area contributed by atoms with Crippen molar-refractivity contribution in [2.45, 2.75) is 39.7 Å². The van der Waals surface area contributed by atoms with Crippen LogP contribution in [0.1, 0.15) is 43.9 Å². The van der Waals surface area contributed by atoms with Crippen LogP contribution in [0.25, 0.3) is 0 Å². The number of carbonyl (C=O) groups excluding carboxylic acids is 1. The minimum absolute atomic E-state index is 0.107. The van der Waals surface area contributed by atoms with Crippen LogP contribution in [0.4, 0.5) is 0 Å². The maximum Gasteiger partial charge on any atom is 0.307 e. The van der Waals surface area contributed by atoms with Crippen molar-refractivity contribution in [3.63, 3.8) is 0 Å². The van der Waals surface area contributed by atoms with Crippen LogP contribution in [0, 0.1) is 24.7 Å². The molecule has 0 aliphatic heterocycles. The van der Waals surface area contributed by atoms with E-state index in [0.717, 1.165) is 11.1 Å². The van der Waals surface area contributed by atoms with E-state index < -0.39 is 17.8 Å². The monoisotopic (exact) mass is 289 g/mol. The number of hydrogen-bond acceptors (Lipinski definition) is 2. The molecule has 0 radical (unpaired) electrons. The predicted octanol–water partition coefficient (Wildman–Crippen LogP) is 2.92. The lowest BCUT2D eigenvalue weighted by Gasteiger charge is -2.21. The van der Waals surface area contributed by atoms with Gasteiger partial charge in [-0.1, -0.05) is 31.2 Å². The molecule has 2 N–H and O–H groups in total. The molecule has 1 fully saturated rings. The summed E-state index contributed by atoms with van der Waals surface area (Å²) in [4.78, 5) is 23.7. The molecule has 1 unspecified atom stereocenters. The van der Waals surface area contributed by atoms with E-state index in [-0.39, 0.29) is 17.9 Å². The summed E-state index contributed by atoms with van der Waals surface area (Å²) in [5.41, 5.74) is 2.20. The fourth-order valence-corrected chi connectivity index (χ4v) is 3.33. The molecule has 1 aromatic carbocycles. The molecule has 114 valence electrons. The van der Waals surface area contributed by atoms with Crippen LogP contribution < -0.4 is 5.32 Å². The lowest BCUT2D eigenvalue weighted by atomic mass is 9.94. The molecule has 1 aromatic rings. The zero-order valence-electron chi connectivity index (χ0n) is 12.8. The Hall–Kier alpha value is -1.84. The molecule has 0 saturated heterocycles. The lowest BCUT2D eigenvalue weighted by molar-refractivity contribution is -0.146. The standard InChI is InChI=1S/C17H23NO3/c1-10-8-14(15(9-10)17(20)21)16(19)18-12(3)13-7-5-4-6-11(13)2/h4-7,10,12,14-15H,8-9H2,1-3H3,(H,18,19)(H,20,21)/t10?,12-,14+,15-/m1/s1. The summed E-state index contributed by atoms with van der Waals surface area (Å²) in [5.74, 6) is -1.67. The minimum atomic E-state index is -0.858. The molecule has 1 amide bonds. The van der Waals surface area contributed by atoms with Crippen LogP contribution in [0.2, 0.25) is 0 Å². The highest BCUT2D eigenvalue weighted by Crippen LogP contribution is 2.37.